The first-order chi connectivity index (χ1) is 15.4. The highest BCUT2D eigenvalue weighted by Gasteiger charge is 2.48. The monoisotopic (exact) mass is 476 g/mol. The number of hydrogen-bond donors (Lipinski definition) is 0. The Hall–Kier alpha value is -2.15. The zero-order chi connectivity index (χ0) is 22.7. The second-order valence-electron chi connectivity index (χ2n) is 9.24. The molecule has 2 aromatic carbocycles. The van der Waals surface area contributed by atoms with E-state index in [0.29, 0.717) is 12.2 Å². The van der Waals surface area contributed by atoms with Gasteiger partial charge in [-0.05, 0) is 48.9 Å². The van der Waals surface area contributed by atoms with Gasteiger partial charge >= 0.3 is 0 Å². The van der Waals surface area contributed by atoms with Crippen LogP contribution in [0.3, 0.4) is 0 Å². The number of hydrogen-bond acceptors (Lipinski definition) is 4. The van der Waals surface area contributed by atoms with Crippen LogP contribution in [0.5, 0.6) is 5.75 Å². The molecule has 2 aliphatic heterocycles. The Bertz CT molecular complexity index is 947. The summed E-state index contributed by atoms with van der Waals surface area (Å²) in [6, 6.07) is 14.7. The van der Waals surface area contributed by atoms with Gasteiger partial charge in [-0.1, -0.05) is 44.2 Å². The van der Waals surface area contributed by atoms with E-state index in [-0.39, 0.29) is 30.0 Å². The van der Waals surface area contributed by atoms with Crippen molar-refractivity contribution in [3.63, 3.8) is 0 Å². The van der Waals surface area contributed by atoms with Crippen molar-refractivity contribution in [1.82, 2.24) is 4.90 Å². The molecule has 2 fully saturated rings. The molecule has 1 atom stereocenters. The SMILES string of the molecule is COc1ccccc1CCN1CCC2(CC1)CN(c1ccccc1F)C(=O)C(C(C)C)O2.Cl. The van der Waals surface area contributed by atoms with Crippen molar-refractivity contribution in [2.24, 2.45) is 5.92 Å². The minimum atomic E-state index is -0.552. The molecule has 2 aromatic rings. The summed E-state index contributed by atoms with van der Waals surface area (Å²) in [5, 5.41) is 0. The van der Waals surface area contributed by atoms with Gasteiger partial charge in [0.05, 0.1) is 24.9 Å². The number of carbonyl (C=O) groups excluding carboxylic acids is 1. The number of amides is 1. The summed E-state index contributed by atoms with van der Waals surface area (Å²) in [7, 11) is 1.71. The molecule has 2 aliphatic rings. The Kier molecular flexibility index (Phi) is 8.38. The van der Waals surface area contributed by atoms with E-state index < -0.39 is 11.7 Å². The van der Waals surface area contributed by atoms with Gasteiger partial charge in [-0.25, -0.2) is 4.39 Å². The van der Waals surface area contributed by atoms with E-state index in [1.807, 2.05) is 32.0 Å². The number of rotatable bonds is 6. The zero-order valence-corrected chi connectivity index (χ0v) is 20.4. The number of nitrogens with zero attached hydrogens (tertiary/aromatic N) is 2. The fourth-order valence-electron chi connectivity index (χ4n) is 4.82. The molecule has 0 saturated carbocycles. The first-order valence-electron chi connectivity index (χ1n) is 11.5. The molecule has 180 valence electrons. The normalized spacial score (nSPS) is 20.7. The summed E-state index contributed by atoms with van der Waals surface area (Å²) in [5.41, 5.74) is 1.12. The van der Waals surface area contributed by atoms with Crippen LogP contribution in [0.4, 0.5) is 10.1 Å². The average Bonchev–Trinajstić information content (AvgIpc) is 2.81. The van der Waals surface area contributed by atoms with Crippen molar-refractivity contribution in [2.75, 3.05) is 38.2 Å². The summed E-state index contributed by atoms with van der Waals surface area (Å²) >= 11 is 0. The molecule has 5 nitrogen and oxygen atoms in total. The summed E-state index contributed by atoms with van der Waals surface area (Å²) in [6.45, 7) is 7.10. The fraction of sp³-hybridized carbons (Fsp3) is 0.500. The molecular formula is C26H34ClFN2O3. The highest BCUT2D eigenvalue weighted by atomic mass is 35.5. The number of methoxy groups -OCH3 is 1. The molecule has 0 bridgehead atoms. The van der Waals surface area contributed by atoms with Gasteiger partial charge in [0.2, 0.25) is 0 Å². The predicted molar refractivity (Wildman–Crippen MR) is 131 cm³/mol. The van der Waals surface area contributed by atoms with Gasteiger partial charge in [-0.2, -0.15) is 0 Å². The maximum Gasteiger partial charge on any atom is 0.256 e. The number of halogens is 2. The van der Waals surface area contributed by atoms with E-state index >= 15 is 0 Å². The number of benzene rings is 2. The Balaban J connectivity index is 0.00000306. The Labute approximate surface area is 202 Å². The lowest BCUT2D eigenvalue weighted by molar-refractivity contribution is -0.171. The lowest BCUT2D eigenvalue weighted by Crippen LogP contribution is -2.63. The lowest BCUT2D eigenvalue weighted by atomic mass is 9.86. The molecule has 1 spiro atoms. The van der Waals surface area contributed by atoms with Crippen LogP contribution < -0.4 is 9.64 Å². The molecule has 0 radical (unpaired) electrons. The van der Waals surface area contributed by atoms with Gasteiger partial charge < -0.3 is 19.3 Å². The third-order valence-electron chi connectivity index (χ3n) is 6.74. The average molecular weight is 477 g/mol. The van der Waals surface area contributed by atoms with Crippen LogP contribution in [0.1, 0.15) is 32.3 Å². The maximum absolute atomic E-state index is 14.6. The number of piperidine rings is 1. The standard InChI is InChI=1S/C26H33FN2O3.ClH/c1-19(2)24-25(30)29(22-10-6-5-9-21(22)27)18-26(32-24)13-16-28(17-14-26)15-12-20-8-4-7-11-23(20)31-3;/h4-11,19,24H,12-18H2,1-3H3;1H. The second kappa shape index (κ2) is 10.9. The number of anilines is 1. The van der Waals surface area contributed by atoms with Crippen molar-refractivity contribution >= 4 is 24.0 Å². The minimum Gasteiger partial charge on any atom is -0.496 e. The summed E-state index contributed by atoms with van der Waals surface area (Å²) in [6.07, 6.45) is 2.01. The number of para-hydroxylation sites is 2. The molecule has 1 amide bonds. The van der Waals surface area contributed by atoms with Crippen LogP contribution in [0.15, 0.2) is 48.5 Å². The Morgan fingerprint density at radius 3 is 2.45 bits per heavy atom. The van der Waals surface area contributed by atoms with Crippen LogP contribution >= 0.6 is 12.4 Å². The van der Waals surface area contributed by atoms with E-state index in [1.54, 1.807) is 30.2 Å². The molecule has 2 saturated heterocycles. The number of ether oxygens (including phenoxy) is 2. The quantitative estimate of drug-likeness (QED) is 0.605. The topological polar surface area (TPSA) is 42.0 Å². The number of likely N-dealkylation sites (tertiary alicyclic amines) is 1. The summed E-state index contributed by atoms with van der Waals surface area (Å²) in [5.74, 6) is 0.442. The summed E-state index contributed by atoms with van der Waals surface area (Å²) < 4.78 is 26.5. The number of carbonyl (C=O) groups is 1. The molecule has 0 aliphatic carbocycles. The molecule has 33 heavy (non-hydrogen) atoms. The van der Waals surface area contributed by atoms with Gasteiger partial charge in [0.25, 0.3) is 5.91 Å². The largest absolute Gasteiger partial charge is 0.496 e. The third-order valence-corrected chi connectivity index (χ3v) is 6.74. The van der Waals surface area contributed by atoms with Gasteiger partial charge in [-0.15, -0.1) is 12.4 Å². The van der Waals surface area contributed by atoms with Crippen LogP contribution in [-0.2, 0) is 16.0 Å². The van der Waals surface area contributed by atoms with E-state index in [4.69, 9.17) is 9.47 Å². The fourth-order valence-corrected chi connectivity index (χ4v) is 4.82. The second-order valence-corrected chi connectivity index (χ2v) is 9.24. The van der Waals surface area contributed by atoms with E-state index in [2.05, 4.69) is 11.0 Å². The van der Waals surface area contributed by atoms with Crippen LogP contribution in [0, 0.1) is 11.7 Å². The first-order valence-corrected chi connectivity index (χ1v) is 11.5. The minimum absolute atomic E-state index is 0. The maximum atomic E-state index is 14.6. The van der Waals surface area contributed by atoms with Crippen molar-refractivity contribution in [3.05, 3.63) is 59.9 Å². The highest BCUT2D eigenvalue weighted by molar-refractivity contribution is 5.97. The van der Waals surface area contributed by atoms with Gasteiger partial charge in [0, 0.05) is 19.6 Å². The Morgan fingerprint density at radius 2 is 1.79 bits per heavy atom. The van der Waals surface area contributed by atoms with Crippen LogP contribution in [-0.4, -0.2) is 55.8 Å². The van der Waals surface area contributed by atoms with Gasteiger partial charge in [0.1, 0.15) is 17.7 Å². The molecule has 1 unspecified atom stereocenters. The molecular weight excluding hydrogens is 443 g/mol. The van der Waals surface area contributed by atoms with Crippen molar-refractivity contribution < 1.29 is 18.7 Å². The molecule has 0 N–H and O–H groups in total. The van der Waals surface area contributed by atoms with Crippen molar-refractivity contribution in [2.45, 2.75) is 44.8 Å². The Morgan fingerprint density at radius 1 is 1.12 bits per heavy atom. The highest BCUT2D eigenvalue weighted by Crippen LogP contribution is 2.37. The van der Waals surface area contributed by atoms with Gasteiger partial charge in [0.15, 0.2) is 0 Å². The van der Waals surface area contributed by atoms with Crippen molar-refractivity contribution in [3.8, 4) is 5.75 Å². The smallest absolute Gasteiger partial charge is 0.256 e. The lowest BCUT2D eigenvalue weighted by Gasteiger charge is -2.50. The van der Waals surface area contributed by atoms with E-state index in [0.717, 1.165) is 44.6 Å². The third kappa shape index (κ3) is 5.51. The number of morpholine rings is 1. The molecule has 0 aromatic heterocycles. The van der Waals surface area contributed by atoms with Crippen LogP contribution in [0.25, 0.3) is 0 Å². The zero-order valence-electron chi connectivity index (χ0n) is 19.6. The predicted octanol–water partition coefficient (Wildman–Crippen LogP) is 4.72. The summed E-state index contributed by atoms with van der Waals surface area (Å²) in [4.78, 5) is 17.2. The molecule has 4 rings (SSSR count). The van der Waals surface area contributed by atoms with Crippen LogP contribution in [0.2, 0.25) is 0 Å². The van der Waals surface area contributed by atoms with E-state index in [9.17, 15) is 9.18 Å². The molecule has 2 heterocycles. The van der Waals surface area contributed by atoms with Crippen molar-refractivity contribution in [1.29, 1.82) is 0 Å². The van der Waals surface area contributed by atoms with E-state index in [1.165, 1.54) is 11.6 Å². The molecule has 7 heteroatoms. The first kappa shape index (κ1) is 25.5. The van der Waals surface area contributed by atoms with Gasteiger partial charge in [-0.3, -0.25) is 4.79 Å².